The van der Waals surface area contributed by atoms with Crippen molar-refractivity contribution >= 4 is 34.7 Å². The first-order valence-corrected chi connectivity index (χ1v) is 9.97. The fraction of sp³-hybridized carbons (Fsp3) is 0.429. The summed E-state index contributed by atoms with van der Waals surface area (Å²) in [5.41, 5.74) is 11.5. The van der Waals surface area contributed by atoms with E-state index >= 15 is 0 Å². The molecule has 1 saturated carbocycles. The van der Waals surface area contributed by atoms with Crippen molar-refractivity contribution in [3.8, 4) is 0 Å². The normalized spacial score (nSPS) is 22.9. The van der Waals surface area contributed by atoms with Crippen LogP contribution in [-0.2, 0) is 23.8 Å². The summed E-state index contributed by atoms with van der Waals surface area (Å²) in [5, 5.41) is 0. The van der Waals surface area contributed by atoms with Crippen LogP contribution in [0, 0.1) is 0 Å². The Hall–Kier alpha value is -3.29. The molecule has 0 aromatic heterocycles. The van der Waals surface area contributed by atoms with E-state index in [4.69, 9.17) is 19.2 Å². The third kappa shape index (κ3) is 4.03. The van der Waals surface area contributed by atoms with E-state index in [1.165, 1.54) is 0 Å². The molecule has 30 heavy (non-hydrogen) atoms. The molecule has 1 aromatic carbocycles. The Kier molecular flexibility index (Phi) is 5.74. The van der Waals surface area contributed by atoms with Crippen LogP contribution in [0.4, 0.5) is 11.4 Å². The van der Waals surface area contributed by atoms with Crippen molar-refractivity contribution in [3.05, 3.63) is 41.9 Å². The summed E-state index contributed by atoms with van der Waals surface area (Å²) in [6, 6.07) is 7.52. The molecular weight excluding hydrogens is 388 g/mol. The number of hydrogen-bond acceptors (Lipinski definition) is 7. The van der Waals surface area contributed by atoms with E-state index in [1.807, 2.05) is 24.3 Å². The fourth-order valence-electron chi connectivity index (χ4n) is 3.85. The van der Waals surface area contributed by atoms with Gasteiger partial charge in [0.25, 0.3) is 0 Å². The van der Waals surface area contributed by atoms with Crippen LogP contribution < -0.4 is 4.90 Å². The average Bonchev–Trinajstić information content (AvgIpc) is 3.02. The first kappa shape index (κ1) is 20.0. The van der Waals surface area contributed by atoms with Crippen molar-refractivity contribution in [2.24, 2.45) is 4.99 Å². The third-order valence-electron chi connectivity index (χ3n) is 5.28. The molecule has 0 radical (unpaired) electrons. The average molecular weight is 410 g/mol. The largest absolute Gasteiger partial charge is 0.413 e. The maximum Gasteiger partial charge on any atom is 0.334 e. The Morgan fingerprint density at radius 3 is 2.43 bits per heavy atom. The minimum absolute atomic E-state index is 0.133. The molecule has 0 atom stereocenters. The van der Waals surface area contributed by atoms with Crippen molar-refractivity contribution in [1.82, 2.24) is 0 Å². The molecule has 1 aliphatic carbocycles. The smallest absolute Gasteiger partial charge is 0.334 e. The Balaban J connectivity index is 1.84. The number of ether oxygens (including phenoxy) is 3. The fourth-order valence-corrected chi connectivity index (χ4v) is 3.85. The van der Waals surface area contributed by atoms with Crippen LogP contribution >= 0.6 is 0 Å². The summed E-state index contributed by atoms with van der Waals surface area (Å²) in [4.78, 5) is 34.7. The predicted octanol–water partition coefficient (Wildman–Crippen LogP) is 2.19. The van der Waals surface area contributed by atoms with Gasteiger partial charge in [-0.05, 0) is 25.0 Å². The van der Waals surface area contributed by atoms with Crippen molar-refractivity contribution in [3.63, 3.8) is 0 Å². The monoisotopic (exact) mass is 410 g/mol. The molecular formula is C21H22N4O5. The molecule has 9 nitrogen and oxygen atoms in total. The number of morpholine rings is 1. The third-order valence-corrected chi connectivity index (χ3v) is 5.28. The zero-order chi connectivity index (χ0) is 21.0. The van der Waals surface area contributed by atoms with E-state index in [0.29, 0.717) is 51.3 Å². The van der Waals surface area contributed by atoms with Gasteiger partial charge in [0.05, 0.1) is 31.0 Å². The molecule has 156 valence electrons. The quantitative estimate of drug-likeness (QED) is 0.419. The second kappa shape index (κ2) is 8.61. The molecule has 2 fully saturated rings. The molecule has 1 aromatic rings. The lowest BCUT2D eigenvalue weighted by molar-refractivity contribution is -0.197. The van der Waals surface area contributed by atoms with Crippen LogP contribution in [0.1, 0.15) is 25.7 Å². The van der Waals surface area contributed by atoms with Gasteiger partial charge in [-0.2, -0.15) is 4.79 Å². The first-order chi connectivity index (χ1) is 14.6. The van der Waals surface area contributed by atoms with Gasteiger partial charge in [0.1, 0.15) is 0 Å². The van der Waals surface area contributed by atoms with Crippen molar-refractivity contribution < 1.29 is 28.6 Å². The molecule has 2 heterocycles. The Labute approximate surface area is 173 Å². The lowest BCUT2D eigenvalue weighted by Crippen LogP contribution is -2.48. The van der Waals surface area contributed by atoms with Crippen molar-refractivity contribution in [2.75, 3.05) is 31.2 Å². The highest BCUT2D eigenvalue weighted by Crippen LogP contribution is 2.35. The van der Waals surface area contributed by atoms with Gasteiger partial charge in [0, 0.05) is 31.7 Å². The number of carbonyl (C=O) groups is 2. The number of nitrogens with zero attached hydrogens (tertiary/aromatic N) is 4. The molecule has 9 heteroatoms. The molecule has 4 rings (SSSR count). The number of anilines is 1. The van der Waals surface area contributed by atoms with E-state index in [0.717, 1.165) is 17.8 Å². The number of esters is 2. The van der Waals surface area contributed by atoms with E-state index in [-0.39, 0.29) is 17.8 Å². The zero-order valence-electron chi connectivity index (χ0n) is 16.5. The zero-order valence-corrected chi connectivity index (χ0v) is 16.5. The molecule has 0 amide bonds. The maximum absolute atomic E-state index is 12.2. The van der Waals surface area contributed by atoms with Crippen molar-refractivity contribution in [1.29, 1.82) is 0 Å². The van der Waals surface area contributed by atoms with Crippen LogP contribution in [-0.4, -0.2) is 60.2 Å². The summed E-state index contributed by atoms with van der Waals surface area (Å²) >= 11 is 0. The van der Waals surface area contributed by atoms with Gasteiger partial charge < -0.3 is 24.6 Å². The van der Waals surface area contributed by atoms with E-state index in [9.17, 15) is 15.1 Å². The summed E-state index contributed by atoms with van der Waals surface area (Å²) < 4.78 is 16.6. The number of para-hydroxylation sites is 2. The number of benzene rings is 1. The standard InChI is InChI=1S/C21H22N4O5/c22-24-16-6-3-4-10-21(29-18(26)8-9-19(27)30-21)20(16)23-15-5-1-2-7-17(15)25-11-13-28-14-12-25/h1-2,5,7-9H,3-4,6,10-14H2. The minimum Gasteiger partial charge on any atom is -0.413 e. The Bertz CT molecular complexity index is 938. The molecule has 1 saturated heterocycles. The SMILES string of the molecule is [N-]=[N+]=C1CCCCC2(OC(=O)C=CC(=O)O2)C1=Nc1ccccc1N1CCOCC1. The van der Waals surface area contributed by atoms with E-state index in [2.05, 4.69) is 9.69 Å². The van der Waals surface area contributed by atoms with Crippen LogP contribution in [0.3, 0.4) is 0 Å². The van der Waals surface area contributed by atoms with Gasteiger partial charge in [0.15, 0.2) is 0 Å². The van der Waals surface area contributed by atoms with E-state index < -0.39 is 17.7 Å². The highest BCUT2D eigenvalue weighted by atomic mass is 16.7. The molecule has 2 aliphatic heterocycles. The summed E-state index contributed by atoms with van der Waals surface area (Å²) in [5.74, 6) is -3.17. The molecule has 0 N–H and O–H groups in total. The summed E-state index contributed by atoms with van der Waals surface area (Å²) in [7, 11) is 0. The second-order valence-electron chi connectivity index (χ2n) is 7.23. The van der Waals surface area contributed by atoms with Crippen LogP contribution in [0.2, 0.25) is 0 Å². The molecule has 0 unspecified atom stereocenters. The van der Waals surface area contributed by atoms with Gasteiger partial charge in [-0.15, -0.1) is 0 Å². The van der Waals surface area contributed by atoms with Gasteiger partial charge in [-0.1, -0.05) is 12.1 Å². The van der Waals surface area contributed by atoms with E-state index in [1.54, 1.807) is 0 Å². The van der Waals surface area contributed by atoms with Crippen LogP contribution in [0.5, 0.6) is 0 Å². The Morgan fingerprint density at radius 1 is 1.03 bits per heavy atom. The lowest BCUT2D eigenvalue weighted by Gasteiger charge is -2.31. The second-order valence-corrected chi connectivity index (χ2v) is 7.23. The maximum atomic E-state index is 12.2. The minimum atomic E-state index is -1.74. The van der Waals surface area contributed by atoms with Crippen LogP contribution in [0.25, 0.3) is 5.53 Å². The molecule has 3 aliphatic rings. The summed E-state index contributed by atoms with van der Waals surface area (Å²) in [6.07, 6.45) is 3.97. The molecule has 1 spiro atoms. The predicted molar refractivity (Wildman–Crippen MR) is 108 cm³/mol. The number of aliphatic imine (C=N–C) groups is 1. The topological polar surface area (TPSA) is 114 Å². The van der Waals surface area contributed by atoms with Gasteiger partial charge >= 0.3 is 23.4 Å². The number of hydrogen-bond donors (Lipinski definition) is 0. The number of carbonyl (C=O) groups excluding carboxylic acids is 2. The highest BCUT2D eigenvalue weighted by Gasteiger charge is 2.51. The van der Waals surface area contributed by atoms with Gasteiger partial charge in [-0.3, -0.25) is 0 Å². The van der Waals surface area contributed by atoms with Gasteiger partial charge in [-0.25, -0.2) is 14.6 Å². The van der Waals surface area contributed by atoms with Crippen molar-refractivity contribution in [2.45, 2.75) is 31.5 Å². The Morgan fingerprint density at radius 2 is 1.73 bits per heavy atom. The molecule has 0 bridgehead atoms. The first-order valence-electron chi connectivity index (χ1n) is 9.97. The highest BCUT2D eigenvalue weighted by molar-refractivity contribution is 6.44. The van der Waals surface area contributed by atoms with Crippen LogP contribution in [0.15, 0.2) is 41.4 Å². The lowest BCUT2D eigenvalue weighted by atomic mass is 10.0. The van der Waals surface area contributed by atoms with Gasteiger partial charge in [0.2, 0.25) is 5.71 Å². The summed E-state index contributed by atoms with van der Waals surface area (Å²) in [6.45, 7) is 2.64. The number of rotatable bonds is 2.